The molecule has 0 aromatic carbocycles. The average Bonchev–Trinajstić information content (AvgIpc) is 2.43. The van der Waals surface area contributed by atoms with Crippen molar-refractivity contribution >= 4 is 34.6 Å². The first-order valence-corrected chi connectivity index (χ1v) is 6.48. The molecule has 0 N–H and O–H groups in total. The number of imide groups is 1. The molecule has 0 radical (unpaired) electrons. The van der Waals surface area contributed by atoms with Gasteiger partial charge in [-0.2, -0.15) is 0 Å². The first-order valence-electron chi connectivity index (χ1n) is 4.96. The summed E-state index contributed by atoms with van der Waals surface area (Å²) in [6.07, 6.45) is 0.695. The van der Waals surface area contributed by atoms with Crippen molar-refractivity contribution < 1.29 is 14.3 Å². The lowest BCUT2D eigenvalue weighted by Gasteiger charge is -2.26. The molecule has 0 aliphatic carbocycles. The average molecular weight is 325 g/mol. The summed E-state index contributed by atoms with van der Waals surface area (Å²) in [5, 5.41) is 0. The van der Waals surface area contributed by atoms with Crippen LogP contribution in [-0.2, 0) is 9.53 Å². The van der Waals surface area contributed by atoms with Crippen LogP contribution in [-0.4, -0.2) is 33.0 Å². The third kappa shape index (κ3) is 3.32. The number of likely N-dealkylation sites (tertiary alicyclic amines) is 1. The summed E-state index contributed by atoms with van der Waals surface area (Å²) in [7, 11) is 0. The van der Waals surface area contributed by atoms with Crippen LogP contribution in [0.1, 0.15) is 33.6 Å². The predicted molar refractivity (Wildman–Crippen MR) is 65.0 cm³/mol. The summed E-state index contributed by atoms with van der Waals surface area (Å²) < 4.78 is 5.95. The van der Waals surface area contributed by atoms with Crippen molar-refractivity contribution in [3.63, 3.8) is 0 Å². The maximum Gasteiger partial charge on any atom is 0.417 e. The van der Waals surface area contributed by atoms with Crippen molar-refractivity contribution in [2.75, 3.05) is 4.43 Å². The van der Waals surface area contributed by atoms with Gasteiger partial charge in [-0.15, -0.1) is 0 Å². The highest BCUT2D eigenvalue weighted by atomic mass is 127. The Bertz CT molecular complexity index is 272. The molecule has 5 heteroatoms. The Morgan fingerprint density at radius 2 is 2.20 bits per heavy atom. The zero-order valence-corrected chi connectivity index (χ0v) is 11.4. The lowest BCUT2D eigenvalue weighted by molar-refractivity contribution is -0.127. The van der Waals surface area contributed by atoms with Gasteiger partial charge in [-0.1, -0.05) is 22.6 Å². The van der Waals surface area contributed by atoms with Crippen molar-refractivity contribution in [3.8, 4) is 0 Å². The Morgan fingerprint density at radius 3 is 2.67 bits per heavy atom. The smallest absolute Gasteiger partial charge is 0.417 e. The highest BCUT2D eigenvalue weighted by molar-refractivity contribution is 14.1. The molecular weight excluding hydrogens is 309 g/mol. The van der Waals surface area contributed by atoms with Gasteiger partial charge in [0.15, 0.2) is 0 Å². The summed E-state index contributed by atoms with van der Waals surface area (Å²) >= 11 is 2.18. The van der Waals surface area contributed by atoms with Crippen molar-refractivity contribution in [2.24, 2.45) is 0 Å². The van der Waals surface area contributed by atoms with Crippen LogP contribution in [0.25, 0.3) is 0 Å². The van der Waals surface area contributed by atoms with E-state index in [1.807, 2.05) is 0 Å². The molecular formula is C10H16INO3. The zero-order valence-electron chi connectivity index (χ0n) is 9.25. The monoisotopic (exact) mass is 325 g/mol. The number of rotatable bonds is 1. The Labute approximate surface area is 103 Å². The third-order valence-electron chi connectivity index (χ3n) is 2.09. The number of alkyl halides is 1. The number of hydrogen-bond acceptors (Lipinski definition) is 3. The number of carbonyl (C=O) groups excluding carboxylic acids is 2. The molecule has 4 nitrogen and oxygen atoms in total. The molecule has 1 saturated heterocycles. The van der Waals surface area contributed by atoms with E-state index in [0.29, 0.717) is 6.42 Å². The van der Waals surface area contributed by atoms with Crippen LogP contribution in [0, 0.1) is 0 Å². The van der Waals surface area contributed by atoms with E-state index in [9.17, 15) is 9.59 Å². The van der Waals surface area contributed by atoms with Crippen LogP contribution < -0.4 is 0 Å². The highest BCUT2D eigenvalue weighted by Crippen LogP contribution is 2.23. The Kier molecular flexibility index (Phi) is 3.97. The van der Waals surface area contributed by atoms with Gasteiger partial charge in [0.1, 0.15) is 5.60 Å². The van der Waals surface area contributed by atoms with Gasteiger partial charge in [0.25, 0.3) is 0 Å². The normalized spacial score (nSPS) is 22.0. The standard InChI is InChI=1S/C10H16INO3/c1-10(2,3)15-9(14)12-7(6-11)4-5-8(12)13/h7H,4-6H2,1-3H3/t7-/m1/s1. The highest BCUT2D eigenvalue weighted by Gasteiger charge is 2.37. The summed E-state index contributed by atoms with van der Waals surface area (Å²) in [5.41, 5.74) is -0.546. The summed E-state index contributed by atoms with van der Waals surface area (Å²) in [5.74, 6) is -0.120. The summed E-state index contributed by atoms with van der Waals surface area (Å²) in [6.45, 7) is 5.39. The zero-order chi connectivity index (χ0) is 11.6. The third-order valence-corrected chi connectivity index (χ3v) is 3.11. The molecule has 1 atom stereocenters. The van der Waals surface area contributed by atoms with Gasteiger partial charge in [-0.25, -0.2) is 9.69 Å². The topological polar surface area (TPSA) is 46.6 Å². The Balaban J connectivity index is 2.69. The van der Waals surface area contributed by atoms with Gasteiger partial charge < -0.3 is 4.74 Å². The second-order valence-electron chi connectivity index (χ2n) is 4.59. The van der Waals surface area contributed by atoms with Gasteiger partial charge >= 0.3 is 6.09 Å². The van der Waals surface area contributed by atoms with Crippen molar-refractivity contribution in [2.45, 2.75) is 45.3 Å². The lowest BCUT2D eigenvalue weighted by atomic mass is 10.2. The van der Waals surface area contributed by atoms with Crippen molar-refractivity contribution in [1.82, 2.24) is 4.90 Å². The van der Waals surface area contributed by atoms with Gasteiger partial charge in [0.2, 0.25) is 5.91 Å². The number of hydrogen-bond donors (Lipinski definition) is 0. The fraction of sp³-hybridized carbons (Fsp3) is 0.800. The minimum absolute atomic E-state index is 0.00736. The predicted octanol–water partition coefficient (Wildman–Crippen LogP) is 2.35. The summed E-state index contributed by atoms with van der Waals surface area (Å²) in [6, 6.07) is 0.00736. The minimum Gasteiger partial charge on any atom is -0.443 e. The van der Waals surface area contributed by atoms with E-state index >= 15 is 0 Å². The molecule has 0 saturated carbocycles. The van der Waals surface area contributed by atoms with Gasteiger partial charge in [0, 0.05) is 10.8 Å². The second-order valence-corrected chi connectivity index (χ2v) is 5.47. The number of ether oxygens (including phenoxy) is 1. The van der Waals surface area contributed by atoms with E-state index in [-0.39, 0.29) is 11.9 Å². The minimum atomic E-state index is -0.546. The molecule has 0 aromatic rings. The maximum absolute atomic E-state index is 11.7. The van der Waals surface area contributed by atoms with Gasteiger partial charge in [-0.3, -0.25) is 4.79 Å². The van der Waals surface area contributed by atoms with Crippen molar-refractivity contribution in [1.29, 1.82) is 0 Å². The molecule has 1 aliphatic heterocycles. The van der Waals surface area contributed by atoms with Crippen LogP contribution in [0.2, 0.25) is 0 Å². The lowest BCUT2D eigenvalue weighted by Crippen LogP contribution is -2.42. The van der Waals surface area contributed by atoms with E-state index in [1.165, 1.54) is 4.90 Å². The van der Waals surface area contributed by atoms with Gasteiger partial charge in [-0.05, 0) is 27.2 Å². The fourth-order valence-corrected chi connectivity index (χ4v) is 2.29. The molecule has 15 heavy (non-hydrogen) atoms. The van der Waals surface area contributed by atoms with E-state index in [1.54, 1.807) is 20.8 Å². The quantitative estimate of drug-likeness (QED) is 0.549. The van der Waals surface area contributed by atoms with Gasteiger partial charge in [0.05, 0.1) is 6.04 Å². The fourth-order valence-electron chi connectivity index (χ4n) is 1.45. The first kappa shape index (κ1) is 12.7. The Hall–Kier alpha value is -0.330. The second kappa shape index (κ2) is 4.67. The number of halogens is 1. The molecule has 1 fully saturated rings. The largest absolute Gasteiger partial charge is 0.443 e. The molecule has 1 heterocycles. The molecule has 1 aliphatic rings. The molecule has 0 spiro atoms. The summed E-state index contributed by atoms with van der Waals surface area (Å²) in [4.78, 5) is 24.5. The SMILES string of the molecule is CC(C)(C)OC(=O)N1C(=O)CC[C@@H]1CI. The Morgan fingerprint density at radius 1 is 1.60 bits per heavy atom. The molecule has 0 unspecified atom stereocenters. The van der Waals surface area contributed by atoms with Crippen LogP contribution in [0.4, 0.5) is 4.79 Å². The van der Waals surface area contributed by atoms with E-state index in [2.05, 4.69) is 22.6 Å². The molecule has 0 aromatic heterocycles. The number of carbonyl (C=O) groups is 2. The molecule has 86 valence electrons. The van der Waals surface area contributed by atoms with Crippen LogP contribution in [0.3, 0.4) is 0 Å². The molecule has 2 amide bonds. The van der Waals surface area contributed by atoms with E-state index in [0.717, 1.165) is 10.8 Å². The van der Waals surface area contributed by atoms with E-state index < -0.39 is 11.7 Å². The van der Waals surface area contributed by atoms with Crippen LogP contribution in [0.15, 0.2) is 0 Å². The molecule has 1 rings (SSSR count). The number of amides is 2. The number of nitrogens with zero attached hydrogens (tertiary/aromatic N) is 1. The van der Waals surface area contributed by atoms with Crippen LogP contribution in [0.5, 0.6) is 0 Å². The first-order chi connectivity index (χ1) is 6.85. The van der Waals surface area contributed by atoms with Crippen LogP contribution >= 0.6 is 22.6 Å². The molecule has 0 bridgehead atoms. The maximum atomic E-state index is 11.7. The van der Waals surface area contributed by atoms with E-state index in [4.69, 9.17) is 4.74 Å². The van der Waals surface area contributed by atoms with Crippen molar-refractivity contribution in [3.05, 3.63) is 0 Å².